The quantitative estimate of drug-likeness (QED) is 0.229. The average Bonchev–Trinajstić information content (AvgIpc) is 2.85. The smallest absolute Gasteiger partial charge is 0.412 e. The van der Waals surface area contributed by atoms with Crippen molar-refractivity contribution in [2.24, 2.45) is 5.92 Å². The summed E-state index contributed by atoms with van der Waals surface area (Å²) >= 11 is 12.7. The Morgan fingerprint density at radius 3 is 1.61 bits per heavy atom. The molecule has 0 N–H and O–H groups in total. The van der Waals surface area contributed by atoms with Gasteiger partial charge >= 0.3 is 7.60 Å². The number of halogens is 2. The third-order valence-corrected chi connectivity index (χ3v) is 9.64. The lowest BCUT2D eigenvalue weighted by atomic mass is 9.78. The molecule has 4 rings (SSSR count). The van der Waals surface area contributed by atoms with E-state index in [1.807, 2.05) is 18.2 Å². The molecule has 0 spiro atoms. The van der Waals surface area contributed by atoms with Crippen LogP contribution >= 0.6 is 30.8 Å². The molecule has 1 aliphatic rings. The molecule has 192 valence electrons. The van der Waals surface area contributed by atoms with E-state index in [1.54, 1.807) is 12.1 Å². The maximum atomic E-state index is 14.8. The molecule has 2 unspecified atom stereocenters. The van der Waals surface area contributed by atoms with E-state index in [0.29, 0.717) is 28.6 Å². The van der Waals surface area contributed by atoms with E-state index in [-0.39, 0.29) is 23.7 Å². The molecular formula is C30H35Cl2O3P. The van der Waals surface area contributed by atoms with Crippen LogP contribution in [0.1, 0.15) is 78.8 Å². The second kappa shape index (κ2) is 10.8. The molecule has 0 saturated carbocycles. The third-order valence-electron chi connectivity index (χ3n) is 6.94. The Morgan fingerprint density at radius 1 is 0.778 bits per heavy atom. The first-order chi connectivity index (χ1) is 17.1. The van der Waals surface area contributed by atoms with Crippen molar-refractivity contribution in [1.29, 1.82) is 0 Å². The Balaban J connectivity index is 2.14. The maximum absolute atomic E-state index is 14.8. The topological polar surface area (TPSA) is 35.5 Å². The van der Waals surface area contributed by atoms with Crippen LogP contribution < -0.4 is 14.4 Å². The minimum Gasteiger partial charge on any atom is -0.412 e. The van der Waals surface area contributed by atoms with Gasteiger partial charge in [0.05, 0.1) is 5.30 Å². The van der Waals surface area contributed by atoms with Crippen molar-refractivity contribution in [2.75, 3.05) is 11.8 Å². The van der Waals surface area contributed by atoms with E-state index in [9.17, 15) is 4.57 Å². The monoisotopic (exact) mass is 544 g/mol. The molecule has 3 nitrogen and oxygen atoms in total. The standard InChI is InChI=1S/C30H35Cl2O3P/c1-18(2)28-26-14-19(3)12-24(21(5)16-31)29(26)34-36(33,23-10-8-7-9-11-23)35-30-25(22(6)17-32)13-20(4)15-27(28)30/h7-15,18,21-22,28H,16-17H2,1-6H3. The van der Waals surface area contributed by atoms with Gasteiger partial charge in [-0.3, -0.25) is 0 Å². The maximum Gasteiger partial charge on any atom is 0.462 e. The zero-order chi connectivity index (χ0) is 26.2. The summed E-state index contributed by atoms with van der Waals surface area (Å²) < 4.78 is 28.0. The normalized spacial score (nSPS) is 20.9. The lowest BCUT2D eigenvalue weighted by molar-refractivity contribution is 0.376. The van der Waals surface area contributed by atoms with Crippen molar-refractivity contribution in [2.45, 2.75) is 59.3 Å². The van der Waals surface area contributed by atoms with Crippen LogP contribution in [0, 0.1) is 19.8 Å². The Labute approximate surface area is 225 Å². The SMILES string of the molecule is Cc1cc(C(C)CCl)c2c(c1)C(C(C)C)c1cc(C)cc(C(C)CCl)c1OP(=O)(c1ccccc1)O2. The number of fused-ring (bicyclic) bond motifs is 2. The summed E-state index contributed by atoms with van der Waals surface area (Å²) in [7, 11) is -3.83. The number of alkyl halides is 2. The highest BCUT2D eigenvalue weighted by Crippen LogP contribution is 2.58. The van der Waals surface area contributed by atoms with Crippen molar-refractivity contribution in [3.63, 3.8) is 0 Å². The summed E-state index contributed by atoms with van der Waals surface area (Å²) in [5, 5.41) is 0.514. The summed E-state index contributed by atoms with van der Waals surface area (Å²) in [5.74, 6) is 2.33. The minimum absolute atomic E-state index is 0.0144. The van der Waals surface area contributed by atoms with E-state index in [0.717, 1.165) is 33.4 Å². The van der Waals surface area contributed by atoms with Crippen LogP contribution in [-0.4, -0.2) is 11.8 Å². The first-order valence-corrected chi connectivity index (χ1v) is 15.2. The van der Waals surface area contributed by atoms with Gasteiger partial charge in [-0.05, 0) is 54.9 Å². The van der Waals surface area contributed by atoms with Gasteiger partial charge in [0.2, 0.25) is 0 Å². The lowest BCUT2D eigenvalue weighted by Crippen LogP contribution is -2.23. The van der Waals surface area contributed by atoms with E-state index in [2.05, 4.69) is 65.8 Å². The van der Waals surface area contributed by atoms with Gasteiger partial charge in [-0.15, -0.1) is 23.2 Å². The fourth-order valence-corrected chi connectivity index (χ4v) is 7.11. The second-order valence-electron chi connectivity index (χ2n) is 10.4. The summed E-state index contributed by atoms with van der Waals surface area (Å²) in [5.41, 5.74) is 6.19. The Bertz CT molecular complexity index is 1220. The van der Waals surface area contributed by atoms with Crippen LogP contribution in [-0.2, 0) is 4.57 Å². The van der Waals surface area contributed by atoms with Crippen molar-refractivity contribution in [3.8, 4) is 11.5 Å². The summed E-state index contributed by atoms with van der Waals surface area (Å²) in [6.45, 7) is 12.7. The van der Waals surface area contributed by atoms with Gasteiger partial charge < -0.3 is 9.05 Å². The van der Waals surface area contributed by atoms with Crippen LogP contribution in [0.5, 0.6) is 11.5 Å². The number of benzene rings is 3. The molecule has 2 atom stereocenters. The van der Waals surface area contributed by atoms with Gasteiger partial charge in [-0.25, -0.2) is 4.57 Å². The molecule has 36 heavy (non-hydrogen) atoms. The van der Waals surface area contributed by atoms with E-state index >= 15 is 0 Å². The Kier molecular flexibility index (Phi) is 8.15. The molecule has 0 aromatic heterocycles. The first-order valence-electron chi connectivity index (χ1n) is 12.5. The van der Waals surface area contributed by atoms with E-state index in [1.165, 1.54) is 0 Å². The van der Waals surface area contributed by atoms with Crippen molar-refractivity contribution in [3.05, 3.63) is 88.0 Å². The predicted octanol–water partition coefficient (Wildman–Crippen LogP) is 9.07. The van der Waals surface area contributed by atoms with Crippen molar-refractivity contribution < 1.29 is 13.6 Å². The average molecular weight is 545 g/mol. The van der Waals surface area contributed by atoms with E-state index < -0.39 is 7.60 Å². The molecule has 0 amide bonds. The molecule has 3 aromatic carbocycles. The Hall–Kier alpha value is -1.93. The molecular weight excluding hydrogens is 510 g/mol. The first kappa shape index (κ1) is 27.1. The highest BCUT2D eigenvalue weighted by molar-refractivity contribution is 7.63. The van der Waals surface area contributed by atoms with Crippen molar-refractivity contribution in [1.82, 2.24) is 0 Å². The molecule has 6 heteroatoms. The number of aryl methyl sites for hydroxylation is 2. The summed E-state index contributed by atoms with van der Waals surface area (Å²) in [6, 6.07) is 17.7. The molecule has 0 fully saturated rings. The summed E-state index contributed by atoms with van der Waals surface area (Å²) in [6.07, 6.45) is 0. The largest absolute Gasteiger partial charge is 0.462 e. The second-order valence-corrected chi connectivity index (χ2v) is 12.9. The number of rotatable bonds is 6. The fourth-order valence-electron chi connectivity index (χ4n) is 5.09. The fraction of sp³-hybridized carbons (Fsp3) is 0.400. The third kappa shape index (κ3) is 5.08. The zero-order valence-electron chi connectivity index (χ0n) is 21.8. The van der Waals surface area contributed by atoms with Gasteiger partial charge in [0.1, 0.15) is 11.5 Å². The summed E-state index contributed by atoms with van der Waals surface area (Å²) in [4.78, 5) is 0. The predicted molar refractivity (Wildman–Crippen MR) is 152 cm³/mol. The van der Waals surface area contributed by atoms with Crippen LogP contribution in [0.25, 0.3) is 0 Å². The van der Waals surface area contributed by atoms with Gasteiger partial charge in [0.25, 0.3) is 0 Å². The molecule has 0 radical (unpaired) electrons. The van der Waals surface area contributed by atoms with E-state index in [4.69, 9.17) is 32.2 Å². The lowest BCUT2D eigenvalue weighted by Gasteiger charge is -2.35. The molecule has 0 bridgehead atoms. The van der Waals surface area contributed by atoms with Crippen LogP contribution in [0.3, 0.4) is 0 Å². The van der Waals surface area contributed by atoms with Crippen LogP contribution in [0.4, 0.5) is 0 Å². The molecule has 1 aliphatic heterocycles. The highest BCUT2D eigenvalue weighted by atomic mass is 35.5. The number of hydrogen-bond donors (Lipinski definition) is 0. The molecule has 3 aromatic rings. The zero-order valence-corrected chi connectivity index (χ0v) is 24.3. The van der Waals surface area contributed by atoms with Gasteiger partial charge in [0, 0.05) is 28.8 Å². The molecule has 1 heterocycles. The van der Waals surface area contributed by atoms with Crippen molar-refractivity contribution >= 4 is 36.1 Å². The molecule has 0 saturated heterocycles. The highest BCUT2D eigenvalue weighted by Gasteiger charge is 2.41. The Morgan fingerprint density at radius 2 is 1.22 bits per heavy atom. The van der Waals surface area contributed by atoms with Crippen LogP contribution in [0.2, 0.25) is 0 Å². The number of hydrogen-bond acceptors (Lipinski definition) is 3. The molecule has 0 aliphatic carbocycles. The van der Waals surface area contributed by atoms with Gasteiger partial charge in [0.15, 0.2) is 0 Å². The van der Waals surface area contributed by atoms with Gasteiger partial charge in [-0.1, -0.05) is 81.3 Å². The van der Waals surface area contributed by atoms with Crippen LogP contribution in [0.15, 0.2) is 54.6 Å². The van der Waals surface area contributed by atoms with Gasteiger partial charge in [-0.2, -0.15) is 0 Å². The minimum atomic E-state index is -3.83.